The summed E-state index contributed by atoms with van der Waals surface area (Å²) >= 11 is 0. The van der Waals surface area contributed by atoms with Crippen molar-refractivity contribution in [2.24, 2.45) is 0 Å². The van der Waals surface area contributed by atoms with Gasteiger partial charge in [-0.3, -0.25) is 0 Å². The minimum Gasteiger partial charge on any atom is -0.301 e. The van der Waals surface area contributed by atoms with Crippen molar-refractivity contribution >= 4 is 0 Å². The van der Waals surface area contributed by atoms with Gasteiger partial charge in [-0.2, -0.15) is 0 Å². The minimum absolute atomic E-state index is 0.0204. The summed E-state index contributed by atoms with van der Waals surface area (Å²) < 4.78 is 0. The largest absolute Gasteiger partial charge is 0.301 e. The van der Waals surface area contributed by atoms with Crippen molar-refractivity contribution in [2.75, 3.05) is 0 Å². The number of unbranched alkanes of at least 4 members (excludes halogenated alkanes) is 1. The van der Waals surface area contributed by atoms with E-state index in [-0.39, 0.29) is 5.54 Å². The quantitative estimate of drug-likeness (QED) is 0.712. The number of nitrogens with one attached hydrogen (secondary N) is 1. The summed E-state index contributed by atoms with van der Waals surface area (Å²) in [5.41, 5.74) is 2.74. The fourth-order valence-corrected chi connectivity index (χ4v) is 2.94. The second-order valence-electron chi connectivity index (χ2n) is 6.08. The molecule has 1 nitrogen and oxygen atoms in total. The number of hydrogen-bond donors (Lipinski definition) is 1. The molecule has 112 valence electrons. The molecule has 0 aliphatic carbocycles. The average Bonchev–Trinajstić information content (AvgIpc) is 2.54. The maximum absolute atomic E-state index is 3.86. The topological polar surface area (TPSA) is 12.0 Å². The van der Waals surface area contributed by atoms with Gasteiger partial charge in [0.05, 0.1) is 0 Å². The molecule has 0 saturated heterocycles. The third kappa shape index (κ3) is 4.18. The van der Waals surface area contributed by atoms with E-state index < -0.39 is 0 Å². The Kier molecular flexibility index (Phi) is 5.58. The van der Waals surface area contributed by atoms with Crippen LogP contribution >= 0.6 is 0 Å². The molecule has 0 aliphatic heterocycles. The predicted molar refractivity (Wildman–Crippen MR) is 91.3 cm³/mol. The maximum atomic E-state index is 3.86. The molecule has 0 spiro atoms. The molecule has 2 aromatic rings. The van der Waals surface area contributed by atoms with Crippen LogP contribution in [0.4, 0.5) is 0 Å². The van der Waals surface area contributed by atoms with Crippen molar-refractivity contribution < 1.29 is 0 Å². The Bertz CT molecular complexity index is 520. The Morgan fingerprint density at radius 3 is 2.10 bits per heavy atom. The standard InChI is InChI=1S/C20H27N/c1-4-5-16-20(3,19-14-10-7-11-15-19)21-17(2)18-12-8-6-9-13-18/h6-15,17,21H,4-5,16H2,1-3H3/t17-,20-/m1/s1. The summed E-state index contributed by atoms with van der Waals surface area (Å²) in [7, 11) is 0. The summed E-state index contributed by atoms with van der Waals surface area (Å²) in [5.74, 6) is 0. The van der Waals surface area contributed by atoms with Crippen molar-refractivity contribution in [1.82, 2.24) is 5.32 Å². The van der Waals surface area contributed by atoms with Crippen molar-refractivity contribution in [3.63, 3.8) is 0 Å². The van der Waals surface area contributed by atoms with Gasteiger partial charge in [-0.1, -0.05) is 80.4 Å². The number of rotatable bonds is 7. The van der Waals surface area contributed by atoms with E-state index in [9.17, 15) is 0 Å². The Morgan fingerprint density at radius 2 is 1.52 bits per heavy atom. The Hall–Kier alpha value is -1.60. The normalized spacial score (nSPS) is 15.4. The molecule has 0 saturated carbocycles. The molecule has 0 aromatic heterocycles. The molecular formula is C20H27N. The van der Waals surface area contributed by atoms with Gasteiger partial charge in [0, 0.05) is 11.6 Å². The van der Waals surface area contributed by atoms with Crippen molar-refractivity contribution in [3.05, 3.63) is 71.8 Å². The second-order valence-corrected chi connectivity index (χ2v) is 6.08. The average molecular weight is 281 g/mol. The van der Waals surface area contributed by atoms with E-state index in [1.54, 1.807) is 0 Å². The first-order valence-corrected chi connectivity index (χ1v) is 8.04. The Labute approximate surface area is 129 Å². The number of hydrogen-bond acceptors (Lipinski definition) is 1. The van der Waals surface area contributed by atoms with E-state index in [2.05, 4.69) is 86.8 Å². The molecule has 1 heteroatoms. The van der Waals surface area contributed by atoms with Crippen LogP contribution in [-0.2, 0) is 5.54 Å². The molecule has 0 fully saturated rings. The first-order valence-electron chi connectivity index (χ1n) is 8.04. The third-order valence-corrected chi connectivity index (χ3v) is 4.28. The van der Waals surface area contributed by atoms with Gasteiger partial charge in [0.15, 0.2) is 0 Å². The first-order chi connectivity index (χ1) is 10.2. The molecule has 0 amide bonds. The zero-order valence-corrected chi connectivity index (χ0v) is 13.5. The third-order valence-electron chi connectivity index (χ3n) is 4.28. The van der Waals surface area contributed by atoms with Crippen LogP contribution in [0.2, 0.25) is 0 Å². The molecule has 2 aromatic carbocycles. The van der Waals surface area contributed by atoms with E-state index in [0.29, 0.717) is 6.04 Å². The maximum Gasteiger partial charge on any atom is 0.0410 e. The summed E-state index contributed by atoms with van der Waals surface area (Å²) in [6, 6.07) is 21.9. The lowest BCUT2D eigenvalue weighted by atomic mass is 9.85. The van der Waals surface area contributed by atoms with Crippen LogP contribution in [-0.4, -0.2) is 0 Å². The van der Waals surface area contributed by atoms with E-state index >= 15 is 0 Å². The minimum atomic E-state index is 0.0204. The molecule has 1 N–H and O–H groups in total. The van der Waals surface area contributed by atoms with Crippen LogP contribution in [0.5, 0.6) is 0 Å². The van der Waals surface area contributed by atoms with Gasteiger partial charge in [-0.15, -0.1) is 0 Å². The summed E-state index contributed by atoms with van der Waals surface area (Å²) in [6.45, 7) is 6.84. The summed E-state index contributed by atoms with van der Waals surface area (Å²) in [5, 5.41) is 3.86. The molecule has 0 heterocycles. The zero-order valence-electron chi connectivity index (χ0n) is 13.5. The number of benzene rings is 2. The highest BCUT2D eigenvalue weighted by Gasteiger charge is 2.27. The van der Waals surface area contributed by atoms with Gasteiger partial charge in [0.25, 0.3) is 0 Å². The van der Waals surface area contributed by atoms with Crippen molar-refractivity contribution in [2.45, 2.75) is 51.6 Å². The molecule has 0 unspecified atom stereocenters. The smallest absolute Gasteiger partial charge is 0.0410 e. The fourth-order valence-electron chi connectivity index (χ4n) is 2.94. The molecule has 0 bridgehead atoms. The van der Waals surface area contributed by atoms with E-state index in [0.717, 1.165) is 6.42 Å². The monoisotopic (exact) mass is 281 g/mol. The molecule has 0 radical (unpaired) electrons. The van der Waals surface area contributed by atoms with Gasteiger partial charge < -0.3 is 5.32 Å². The Balaban J connectivity index is 2.20. The summed E-state index contributed by atoms with van der Waals surface area (Å²) in [4.78, 5) is 0. The predicted octanol–water partition coefficient (Wildman–Crippen LogP) is 5.44. The van der Waals surface area contributed by atoms with E-state index in [1.165, 1.54) is 24.0 Å². The molecule has 2 atom stereocenters. The highest BCUT2D eigenvalue weighted by molar-refractivity contribution is 5.25. The van der Waals surface area contributed by atoms with E-state index in [4.69, 9.17) is 0 Å². The second kappa shape index (κ2) is 7.42. The van der Waals surface area contributed by atoms with Crippen LogP contribution < -0.4 is 5.32 Å². The molecular weight excluding hydrogens is 254 g/mol. The highest BCUT2D eigenvalue weighted by atomic mass is 15.0. The lowest BCUT2D eigenvalue weighted by Gasteiger charge is -2.35. The van der Waals surface area contributed by atoms with Crippen LogP contribution in [0.15, 0.2) is 60.7 Å². The lowest BCUT2D eigenvalue weighted by Crippen LogP contribution is -2.41. The molecule has 21 heavy (non-hydrogen) atoms. The van der Waals surface area contributed by atoms with Crippen LogP contribution in [0.3, 0.4) is 0 Å². The fraction of sp³-hybridized carbons (Fsp3) is 0.400. The van der Waals surface area contributed by atoms with Crippen molar-refractivity contribution in [1.29, 1.82) is 0 Å². The van der Waals surface area contributed by atoms with Gasteiger partial charge in [-0.05, 0) is 31.4 Å². The first kappa shape index (κ1) is 15.8. The SMILES string of the molecule is CCCC[C@@](C)(N[C@H](C)c1ccccc1)c1ccccc1. The molecule has 0 aliphatic rings. The lowest BCUT2D eigenvalue weighted by molar-refractivity contribution is 0.297. The van der Waals surface area contributed by atoms with Crippen LogP contribution in [0, 0.1) is 0 Å². The van der Waals surface area contributed by atoms with Gasteiger partial charge in [-0.25, -0.2) is 0 Å². The Morgan fingerprint density at radius 1 is 0.952 bits per heavy atom. The van der Waals surface area contributed by atoms with E-state index in [1.807, 2.05) is 0 Å². The molecule has 2 rings (SSSR count). The van der Waals surface area contributed by atoms with Gasteiger partial charge in [0.2, 0.25) is 0 Å². The highest BCUT2D eigenvalue weighted by Crippen LogP contribution is 2.30. The van der Waals surface area contributed by atoms with Gasteiger partial charge >= 0.3 is 0 Å². The van der Waals surface area contributed by atoms with Crippen molar-refractivity contribution in [3.8, 4) is 0 Å². The van der Waals surface area contributed by atoms with Crippen LogP contribution in [0.1, 0.15) is 57.2 Å². The van der Waals surface area contributed by atoms with Gasteiger partial charge in [0.1, 0.15) is 0 Å². The summed E-state index contributed by atoms with van der Waals surface area (Å²) in [6.07, 6.45) is 3.62. The van der Waals surface area contributed by atoms with Crippen LogP contribution in [0.25, 0.3) is 0 Å². The zero-order chi connectivity index (χ0) is 15.1.